The van der Waals surface area contributed by atoms with E-state index in [9.17, 15) is 9.90 Å². The van der Waals surface area contributed by atoms with Crippen LogP contribution in [0.5, 0.6) is 0 Å². The first-order chi connectivity index (χ1) is 8.97. The predicted octanol–water partition coefficient (Wildman–Crippen LogP) is 2.81. The molecule has 1 aliphatic rings. The van der Waals surface area contributed by atoms with Gasteiger partial charge < -0.3 is 14.6 Å². The average molecular weight is 272 g/mol. The quantitative estimate of drug-likeness (QED) is 0.724. The number of carboxylic acid groups (broad SMARTS) is 1. The summed E-state index contributed by atoms with van der Waals surface area (Å²) in [5.74, 6) is 0.831. The fraction of sp³-hybridized carbons (Fsp3) is 0.933. The highest BCUT2D eigenvalue weighted by Gasteiger charge is 2.39. The van der Waals surface area contributed by atoms with Gasteiger partial charge in [-0.15, -0.1) is 0 Å². The van der Waals surface area contributed by atoms with E-state index in [1.165, 1.54) is 6.42 Å². The van der Waals surface area contributed by atoms with Gasteiger partial charge >= 0.3 is 5.97 Å². The Bertz CT molecular complexity index is 277. The van der Waals surface area contributed by atoms with Crippen LogP contribution in [0.25, 0.3) is 0 Å². The summed E-state index contributed by atoms with van der Waals surface area (Å²) in [5, 5.41) is 9.44. The SMILES string of the molecule is COCCOC(C(=O)O)C1CC(C)CCC1C(C)C. The highest BCUT2D eigenvalue weighted by Crippen LogP contribution is 2.40. The molecule has 0 aromatic heterocycles. The fourth-order valence-electron chi connectivity index (χ4n) is 3.26. The zero-order valence-corrected chi connectivity index (χ0v) is 12.6. The molecule has 0 radical (unpaired) electrons. The van der Waals surface area contributed by atoms with Crippen LogP contribution in [-0.4, -0.2) is 37.5 Å². The van der Waals surface area contributed by atoms with Crippen molar-refractivity contribution >= 4 is 5.97 Å². The normalized spacial score (nSPS) is 29.4. The third-order valence-electron chi connectivity index (χ3n) is 4.29. The molecule has 1 N–H and O–H groups in total. The summed E-state index contributed by atoms with van der Waals surface area (Å²) in [5.41, 5.74) is 0. The van der Waals surface area contributed by atoms with Crippen LogP contribution in [0, 0.1) is 23.7 Å². The Hall–Kier alpha value is -0.610. The molecule has 19 heavy (non-hydrogen) atoms. The molecular weight excluding hydrogens is 244 g/mol. The van der Waals surface area contributed by atoms with E-state index in [1.54, 1.807) is 7.11 Å². The topological polar surface area (TPSA) is 55.8 Å². The molecule has 112 valence electrons. The minimum absolute atomic E-state index is 0.123. The maximum Gasteiger partial charge on any atom is 0.333 e. The summed E-state index contributed by atoms with van der Waals surface area (Å²) in [4.78, 5) is 11.5. The molecule has 0 aromatic rings. The lowest BCUT2D eigenvalue weighted by molar-refractivity contribution is -0.159. The number of ether oxygens (including phenoxy) is 2. The Kier molecular flexibility index (Phi) is 6.80. The van der Waals surface area contributed by atoms with E-state index in [0.29, 0.717) is 31.0 Å². The molecule has 0 spiro atoms. The monoisotopic (exact) mass is 272 g/mol. The number of aliphatic carboxylic acids is 1. The van der Waals surface area contributed by atoms with Gasteiger partial charge in [-0.2, -0.15) is 0 Å². The second-order valence-electron chi connectivity index (χ2n) is 6.11. The Morgan fingerprint density at radius 1 is 1.26 bits per heavy atom. The lowest BCUT2D eigenvalue weighted by Crippen LogP contribution is -2.42. The number of methoxy groups -OCH3 is 1. The van der Waals surface area contributed by atoms with Gasteiger partial charge in [0.15, 0.2) is 6.10 Å². The number of hydrogen-bond donors (Lipinski definition) is 1. The highest BCUT2D eigenvalue weighted by atomic mass is 16.5. The van der Waals surface area contributed by atoms with Crippen LogP contribution in [0.4, 0.5) is 0 Å². The molecule has 0 aliphatic heterocycles. The van der Waals surface area contributed by atoms with Crippen molar-refractivity contribution in [2.45, 2.75) is 46.1 Å². The van der Waals surface area contributed by atoms with Crippen molar-refractivity contribution in [3.63, 3.8) is 0 Å². The third kappa shape index (κ3) is 4.77. The maximum absolute atomic E-state index is 11.5. The minimum atomic E-state index is -0.833. The molecule has 0 bridgehead atoms. The van der Waals surface area contributed by atoms with Crippen LogP contribution in [0.3, 0.4) is 0 Å². The molecule has 4 heteroatoms. The van der Waals surface area contributed by atoms with Gasteiger partial charge in [-0.05, 0) is 36.5 Å². The lowest BCUT2D eigenvalue weighted by atomic mass is 9.68. The van der Waals surface area contributed by atoms with Crippen molar-refractivity contribution in [3.8, 4) is 0 Å². The molecule has 1 saturated carbocycles. The molecule has 0 aromatic carbocycles. The van der Waals surface area contributed by atoms with E-state index in [-0.39, 0.29) is 5.92 Å². The molecule has 0 amide bonds. The van der Waals surface area contributed by atoms with Crippen molar-refractivity contribution in [3.05, 3.63) is 0 Å². The van der Waals surface area contributed by atoms with Gasteiger partial charge in [0.05, 0.1) is 13.2 Å². The minimum Gasteiger partial charge on any atom is -0.479 e. The first kappa shape index (κ1) is 16.4. The van der Waals surface area contributed by atoms with Gasteiger partial charge in [-0.1, -0.05) is 27.2 Å². The van der Waals surface area contributed by atoms with E-state index in [0.717, 1.165) is 12.8 Å². The van der Waals surface area contributed by atoms with Crippen molar-refractivity contribution < 1.29 is 19.4 Å². The molecule has 1 rings (SSSR count). The molecule has 1 aliphatic carbocycles. The van der Waals surface area contributed by atoms with E-state index < -0.39 is 12.1 Å². The average Bonchev–Trinajstić information content (AvgIpc) is 2.33. The van der Waals surface area contributed by atoms with Crippen LogP contribution in [0.2, 0.25) is 0 Å². The summed E-state index contributed by atoms with van der Waals surface area (Å²) in [7, 11) is 1.60. The summed E-state index contributed by atoms with van der Waals surface area (Å²) in [6, 6.07) is 0. The summed E-state index contributed by atoms with van der Waals surface area (Å²) >= 11 is 0. The Labute approximate surface area is 116 Å². The maximum atomic E-state index is 11.5. The second kappa shape index (κ2) is 7.85. The number of hydrogen-bond acceptors (Lipinski definition) is 3. The summed E-state index contributed by atoms with van der Waals surface area (Å²) in [6.07, 6.45) is 2.57. The summed E-state index contributed by atoms with van der Waals surface area (Å²) < 4.78 is 10.5. The van der Waals surface area contributed by atoms with E-state index >= 15 is 0 Å². The van der Waals surface area contributed by atoms with Crippen LogP contribution < -0.4 is 0 Å². The largest absolute Gasteiger partial charge is 0.479 e. The smallest absolute Gasteiger partial charge is 0.333 e. The first-order valence-corrected chi connectivity index (χ1v) is 7.30. The van der Waals surface area contributed by atoms with Crippen LogP contribution >= 0.6 is 0 Å². The number of carboxylic acids is 1. The first-order valence-electron chi connectivity index (χ1n) is 7.30. The van der Waals surface area contributed by atoms with E-state index in [2.05, 4.69) is 20.8 Å². The van der Waals surface area contributed by atoms with E-state index in [4.69, 9.17) is 9.47 Å². The van der Waals surface area contributed by atoms with Crippen LogP contribution in [-0.2, 0) is 14.3 Å². The van der Waals surface area contributed by atoms with Crippen LogP contribution in [0.15, 0.2) is 0 Å². The number of carbonyl (C=O) groups is 1. The molecule has 1 fully saturated rings. The zero-order chi connectivity index (χ0) is 14.4. The van der Waals surface area contributed by atoms with E-state index in [1.807, 2.05) is 0 Å². The molecule has 0 heterocycles. The summed E-state index contributed by atoms with van der Waals surface area (Å²) in [6.45, 7) is 7.36. The Morgan fingerprint density at radius 3 is 2.47 bits per heavy atom. The Morgan fingerprint density at radius 2 is 1.95 bits per heavy atom. The number of rotatable bonds is 7. The van der Waals surface area contributed by atoms with Crippen molar-refractivity contribution in [1.29, 1.82) is 0 Å². The molecule has 4 atom stereocenters. The van der Waals surface area contributed by atoms with Gasteiger partial charge in [0.25, 0.3) is 0 Å². The lowest BCUT2D eigenvalue weighted by Gasteiger charge is -2.40. The molecule has 4 nitrogen and oxygen atoms in total. The molecular formula is C15H28O4. The van der Waals surface area contributed by atoms with Gasteiger partial charge in [0.2, 0.25) is 0 Å². The van der Waals surface area contributed by atoms with Crippen molar-refractivity contribution in [2.75, 3.05) is 20.3 Å². The van der Waals surface area contributed by atoms with Gasteiger partial charge in [-0.3, -0.25) is 0 Å². The Balaban J connectivity index is 2.74. The zero-order valence-electron chi connectivity index (χ0n) is 12.6. The standard InChI is InChI=1S/C15H28O4/c1-10(2)12-6-5-11(3)9-13(12)14(15(16)17)19-8-7-18-4/h10-14H,5-9H2,1-4H3,(H,16,17). The predicted molar refractivity (Wildman–Crippen MR) is 74.1 cm³/mol. The molecule has 0 saturated heterocycles. The van der Waals surface area contributed by atoms with Crippen molar-refractivity contribution in [1.82, 2.24) is 0 Å². The van der Waals surface area contributed by atoms with Crippen LogP contribution in [0.1, 0.15) is 40.0 Å². The molecule has 4 unspecified atom stereocenters. The van der Waals surface area contributed by atoms with Gasteiger partial charge in [0, 0.05) is 7.11 Å². The van der Waals surface area contributed by atoms with Gasteiger partial charge in [0.1, 0.15) is 0 Å². The second-order valence-corrected chi connectivity index (χ2v) is 6.11. The van der Waals surface area contributed by atoms with Crippen molar-refractivity contribution in [2.24, 2.45) is 23.7 Å². The fourth-order valence-corrected chi connectivity index (χ4v) is 3.26. The van der Waals surface area contributed by atoms with Gasteiger partial charge in [-0.25, -0.2) is 4.79 Å². The third-order valence-corrected chi connectivity index (χ3v) is 4.29. The highest BCUT2D eigenvalue weighted by molar-refractivity contribution is 5.72.